The summed E-state index contributed by atoms with van der Waals surface area (Å²) in [5.41, 5.74) is 2.38. The Morgan fingerprint density at radius 2 is 1.75 bits per heavy atom. The molecular formula is C26H32N6O4. The van der Waals surface area contributed by atoms with Crippen molar-refractivity contribution in [2.24, 2.45) is 0 Å². The van der Waals surface area contributed by atoms with Gasteiger partial charge in [-0.1, -0.05) is 19.1 Å². The molecule has 1 atom stereocenters. The molecule has 0 saturated heterocycles. The number of hydrogen-bond acceptors (Lipinski definition) is 8. The number of nitrogens with one attached hydrogen (secondary N) is 1. The maximum atomic E-state index is 13.1. The Bertz CT molecular complexity index is 1330. The zero-order valence-electron chi connectivity index (χ0n) is 21.1. The number of methoxy groups -OCH3 is 3. The maximum Gasteiger partial charge on any atom is 0.252 e. The molecule has 0 unspecified atom stereocenters. The summed E-state index contributed by atoms with van der Waals surface area (Å²) >= 11 is 0. The van der Waals surface area contributed by atoms with Crippen LogP contribution in [0.5, 0.6) is 11.5 Å². The van der Waals surface area contributed by atoms with Gasteiger partial charge in [-0.25, -0.2) is 4.68 Å². The van der Waals surface area contributed by atoms with E-state index in [0.717, 1.165) is 40.2 Å². The van der Waals surface area contributed by atoms with E-state index in [9.17, 15) is 4.79 Å². The molecule has 0 saturated carbocycles. The van der Waals surface area contributed by atoms with Gasteiger partial charge in [0.1, 0.15) is 11.5 Å². The van der Waals surface area contributed by atoms with E-state index in [2.05, 4.69) is 32.3 Å². The van der Waals surface area contributed by atoms with Gasteiger partial charge in [-0.15, -0.1) is 5.10 Å². The molecule has 190 valence electrons. The first kappa shape index (κ1) is 25.3. The third-order valence-corrected chi connectivity index (χ3v) is 6.24. The predicted octanol–water partition coefficient (Wildman–Crippen LogP) is 3.33. The van der Waals surface area contributed by atoms with Crippen molar-refractivity contribution >= 4 is 10.9 Å². The lowest BCUT2D eigenvalue weighted by molar-refractivity contribution is 0.151. The Morgan fingerprint density at radius 1 is 1.00 bits per heavy atom. The van der Waals surface area contributed by atoms with E-state index in [1.165, 1.54) is 0 Å². The van der Waals surface area contributed by atoms with Gasteiger partial charge in [-0.3, -0.25) is 9.69 Å². The number of aromatic nitrogens is 5. The van der Waals surface area contributed by atoms with E-state index in [-0.39, 0.29) is 11.6 Å². The number of fused-ring (bicyclic) bond motifs is 1. The smallest absolute Gasteiger partial charge is 0.252 e. The summed E-state index contributed by atoms with van der Waals surface area (Å²) < 4.78 is 17.7. The molecule has 2 aromatic carbocycles. The summed E-state index contributed by atoms with van der Waals surface area (Å²) in [4.78, 5) is 18.3. The first-order valence-corrected chi connectivity index (χ1v) is 11.9. The third kappa shape index (κ3) is 5.72. The number of nitrogens with zero attached hydrogens (tertiary/aromatic N) is 5. The van der Waals surface area contributed by atoms with Crippen LogP contribution in [0, 0.1) is 0 Å². The average Bonchev–Trinajstić information content (AvgIpc) is 3.36. The Kier molecular flexibility index (Phi) is 8.29. The van der Waals surface area contributed by atoms with Crippen LogP contribution in [-0.4, -0.2) is 58.0 Å². The average molecular weight is 493 g/mol. The molecule has 1 N–H and O–H groups in total. The molecule has 36 heavy (non-hydrogen) atoms. The molecule has 4 rings (SSSR count). The summed E-state index contributed by atoms with van der Waals surface area (Å²) in [6, 6.07) is 15.3. The van der Waals surface area contributed by atoms with Crippen molar-refractivity contribution in [3.05, 3.63) is 75.8 Å². The highest BCUT2D eigenvalue weighted by atomic mass is 16.5. The summed E-state index contributed by atoms with van der Waals surface area (Å²) in [6.07, 6.45) is 0.753. The number of benzene rings is 2. The number of ether oxygens (including phenoxy) is 3. The van der Waals surface area contributed by atoms with E-state index >= 15 is 0 Å². The normalized spacial score (nSPS) is 12.2. The summed E-state index contributed by atoms with van der Waals surface area (Å²) in [5, 5.41) is 13.4. The standard InChI is InChI=1S/C26H32N6O4/c1-5-24(25-28-29-30-32(25)12-13-34-2)31(16-18-6-8-21(35-3)9-7-18)17-20-14-19-15-22(36-4)10-11-23(19)27-26(20)33/h6-11,14-15,24H,5,12-13,16-17H2,1-4H3,(H,27,33)/t24-/m1/s1. The SMILES string of the molecule is CC[C@H](c1nnnn1CCOC)N(Cc1ccc(OC)cc1)Cc1cc2cc(OC)ccc2[nH]c1=O. The molecular weight excluding hydrogens is 460 g/mol. The molecule has 0 aliphatic heterocycles. The fraction of sp³-hybridized carbons (Fsp3) is 0.385. The Hall–Kier alpha value is -3.76. The van der Waals surface area contributed by atoms with E-state index in [1.54, 1.807) is 26.0 Å². The molecule has 0 aliphatic rings. The number of hydrogen-bond donors (Lipinski definition) is 1. The molecule has 10 nitrogen and oxygen atoms in total. The highest BCUT2D eigenvalue weighted by Gasteiger charge is 2.26. The van der Waals surface area contributed by atoms with Crippen molar-refractivity contribution < 1.29 is 14.2 Å². The van der Waals surface area contributed by atoms with Crippen molar-refractivity contribution in [3.8, 4) is 11.5 Å². The molecule has 2 aromatic heterocycles. The van der Waals surface area contributed by atoms with Gasteiger partial charge in [-0.2, -0.15) is 0 Å². The Balaban J connectivity index is 1.72. The molecule has 2 heterocycles. The van der Waals surface area contributed by atoms with Crippen LogP contribution in [0.4, 0.5) is 0 Å². The maximum absolute atomic E-state index is 13.1. The van der Waals surface area contributed by atoms with Crippen LogP contribution in [0.15, 0.2) is 53.3 Å². The highest BCUT2D eigenvalue weighted by molar-refractivity contribution is 5.80. The molecule has 0 spiro atoms. The third-order valence-electron chi connectivity index (χ3n) is 6.24. The van der Waals surface area contributed by atoms with E-state index in [4.69, 9.17) is 14.2 Å². The summed E-state index contributed by atoms with van der Waals surface area (Å²) in [7, 11) is 4.93. The van der Waals surface area contributed by atoms with E-state index < -0.39 is 0 Å². The largest absolute Gasteiger partial charge is 0.497 e. The second kappa shape index (κ2) is 11.8. The number of rotatable bonds is 12. The highest BCUT2D eigenvalue weighted by Crippen LogP contribution is 2.27. The van der Waals surface area contributed by atoms with Crippen molar-refractivity contribution in [2.75, 3.05) is 27.9 Å². The lowest BCUT2D eigenvalue weighted by Crippen LogP contribution is -2.32. The Morgan fingerprint density at radius 3 is 2.44 bits per heavy atom. The first-order chi connectivity index (χ1) is 17.6. The zero-order valence-corrected chi connectivity index (χ0v) is 21.1. The van der Waals surface area contributed by atoms with Gasteiger partial charge in [0.2, 0.25) is 0 Å². The van der Waals surface area contributed by atoms with Crippen LogP contribution in [0.25, 0.3) is 10.9 Å². The van der Waals surface area contributed by atoms with Crippen molar-refractivity contribution in [1.82, 2.24) is 30.1 Å². The minimum atomic E-state index is -0.126. The van der Waals surface area contributed by atoms with Crippen LogP contribution < -0.4 is 15.0 Å². The van der Waals surface area contributed by atoms with Crippen molar-refractivity contribution in [1.29, 1.82) is 0 Å². The van der Waals surface area contributed by atoms with Gasteiger partial charge in [0.25, 0.3) is 5.56 Å². The topological polar surface area (TPSA) is 107 Å². The fourth-order valence-electron chi connectivity index (χ4n) is 4.33. The number of tetrazole rings is 1. The summed E-state index contributed by atoms with van der Waals surface area (Å²) in [5.74, 6) is 2.27. The predicted molar refractivity (Wildman–Crippen MR) is 136 cm³/mol. The van der Waals surface area contributed by atoms with Crippen LogP contribution in [0.1, 0.15) is 36.3 Å². The van der Waals surface area contributed by atoms with Gasteiger partial charge < -0.3 is 19.2 Å². The second-order valence-corrected chi connectivity index (χ2v) is 8.51. The molecule has 4 aromatic rings. The molecule has 0 bridgehead atoms. The minimum Gasteiger partial charge on any atom is -0.497 e. The van der Waals surface area contributed by atoms with Crippen LogP contribution >= 0.6 is 0 Å². The van der Waals surface area contributed by atoms with Crippen molar-refractivity contribution in [3.63, 3.8) is 0 Å². The summed E-state index contributed by atoms with van der Waals surface area (Å²) in [6.45, 7) is 4.14. The van der Waals surface area contributed by atoms with Gasteiger partial charge in [0, 0.05) is 36.7 Å². The monoisotopic (exact) mass is 492 g/mol. The molecule has 0 fully saturated rings. The Labute approximate surface area is 209 Å². The van der Waals surface area contributed by atoms with E-state index in [1.807, 2.05) is 48.5 Å². The van der Waals surface area contributed by atoms with Crippen LogP contribution in [0.2, 0.25) is 0 Å². The minimum absolute atomic E-state index is 0.124. The first-order valence-electron chi connectivity index (χ1n) is 11.9. The lowest BCUT2D eigenvalue weighted by Gasteiger charge is -2.30. The van der Waals surface area contributed by atoms with Gasteiger partial charge >= 0.3 is 0 Å². The second-order valence-electron chi connectivity index (χ2n) is 8.51. The van der Waals surface area contributed by atoms with E-state index in [0.29, 0.717) is 31.8 Å². The van der Waals surface area contributed by atoms with Gasteiger partial charge in [0.05, 0.1) is 33.4 Å². The van der Waals surface area contributed by atoms with Gasteiger partial charge in [-0.05, 0) is 58.8 Å². The molecule has 0 aliphatic carbocycles. The quantitative estimate of drug-likeness (QED) is 0.321. The number of pyridine rings is 1. The van der Waals surface area contributed by atoms with Gasteiger partial charge in [0.15, 0.2) is 5.82 Å². The van der Waals surface area contributed by atoms with Crippen LogP contribution in [-0.2, 0) is 24.4 Å². The number of H-pyrrole nitrogens is 1. The molecule has 0 radical (unpaired) electrons. The fourth-order valence-corrected chi connectivity index (χ4v) is 4.33. The number of aromatic amines is 1. The van der Waals surface area contributed by atoms with Crippen LogP contribution in [0.3, 0.4) is 0 Å². The lowest BCUT2D eigenvalue weighted by atomic mass is 10.1. The zero-order chi connectivity index (χ0) is 25.5. The van der Waals surface area contributed by atoms with Crippen molar-refractivity contribution in [2.45, 2.75) is 39.0 Å². The molecule has 10 heteroatoms. The molecule has 0 amide bonds.